The average Bonchev–Trinajstić information content (AvgIpc) is 2.59. The quantitative estimate of drug-likeness (QED) is 0.786. The third-order valence-corrected chi connectivity index (χ3v) is 5.32. The van der Waals surface area contributed by atoms with Gasteiger partial charge in [-0.2, -0.15) is 0 Å². The van der Waals surface area contributed by atoms with E-state index >= 15 is 0 Å². The Morgan fingerprint density at radius 1 is 1.17 bits per heavy atom. The van der Waals surface area contributed by atoms with Crippen LogP contribution in [0.3, 0.4) is 0 Å². The van der Waals surface area contributed by atoms with Gasteiger partial charge in [0.1, 0.15) is 0 Å². The molecule has 0 aliphatic carbocycles. The van der Waals surface area contributed by atoms with Crippen LogP contribution in [0.2, 0.25) is 5.02 Å². The van der Waals surface area contributed by atoms with E-state index in [9.17, 15) is 0 Å². The lowest BCUT2D eigenvalue weighted by molar-refractivity contribution is 0.360. The summed E-state index contributed by atoms with van der Waals surface area (Å²) in [4.78, 5) is 14.5. The van der Waals surface area contributed by atoms with E-state index in [4.69, 9.17) is 21.6 Å². The first-order valence-corrected chi connectivity index (χ1v) is 8.83. The van der Waals surface area contributed by atoms with Gasteiger partial charge in [0, 0.05) is 36.9 Å². The average molecular weight is 344 g/mol. The molecule has 3 heterocycles. The molecule has 1 saturated heterocycles. The van der Waals surface area contributed by atoms with E-state index in [-0.39, 0.29) is 6.04 Å². The fourth-order valence-corrected chi connectivity index (χ4v) is 3.62. The molecule has 0 amide bonds. The van der Waals surface area contributed by atoms with Crippen LogP contribution in [0.1, 0.15) is 20.8 Å². The molecule has 0 saturated carbocycles. The number of halogens is 1. The summed E-state index contributed by atoms with van der Waals surface area (Å²) < 4.78 is 0. The second-order valence-electron chi connectivity index (χ2n) is 6.54. The van der Waals surface area contributed by atoms with E-state index in [1.807, 2.05) is 18.2 Å². The Balaban J connectivity index is 1.89. The van der Waals surface area contributed by atoms with E-state index in [1.165, 1.54) is 11.3 Å². The summed E-state index contributed by atoms with van der Waals surface area (Å²) in [5.74, 6) is 1.92. The maximum atomic E-state index is 6.26. The van der Waals surface area contributed by atoms with Crippen LogP contribution in [-0.4, -0.2) is 48.8 Å². The molecule has 1 aromatic carbocycles. The van der Waals surface area contributed by atoms with Crippen molar-refractivity contribution in [3.05, 3.63) is 34.5 Å². The number of benzene rings is 1. The molecule has 5 nitrogen and oxygen atoms in total. The number of piperazine rings is 1. The van der Waals surface area contributed by atoms with Gasteiger partial charge in [0.2, 0.25) is 0 Å². The van der Waals surface area contributed by atoms with Crippen LogP contribution in [0.4, 0.5) is 11.4 Å². The van der Waals surface area contributed by atoms with Crippen molar-refractivity contribution >= 4 is 34.6 Å². The van der Waals surface area contributed by atoms with Crippen molar-refractivity contribution in [2.45, 2.75) is 26.8 Å². The first-order chi connectivity index (χ1) is 11.6. The third-order valence-electron chi connectivity index (χ3n) is 5.08. The van der Waals surface area contributed by atoms with Crippen molar-refractivity contribution in [2.24, 2.45) is 9.98 Å². The van der Waals surface area contributed by atoms with E-state index in [0.717, 1.165) is 54.2 Å². The van der Waals surface area contributed by atoms with Gasteiger partial charge in [-0.1, -0.05) is 11.6 Å². The van der Waals surface area contributed by atoms with E-state index in [2.05, 4.69) is 35.9 Å². The smallest absolute Gasteiger partial charge is 0.176 e. The summed E-state index contributed by atoms with van der Waals surface area (Å²) in [7, 11) is 0. The number of amidine groups is 2. The largest absolute Gasteiger partial charge is 0.351 e. The second-order valence-corrected chi connectivity index (χ2v) is 6.97. The van der Waals surface area contributed by atoms with Crippen molar-refractivity contribution < 1.29 is 0 Å². The molecule has 0 bridgehead atoms. The maximum absolute atomic E-state index is 6.26. The zero-order valence-corrected chi connectivity index (χ0v) is 15.1. The summed E-state index contributed by atoms with van der Waals surface area (Å²) in [5, 5.41) is 4.12. The summed E-state index contributed by atoms with van der Waals surface area (Å²) >= 11 is 6.26. The SMILES string of the molecule is CC1=C(C)N2C(=NC1C)C(N1CCNCC1)=Nc1ccc(Cl)cc12. The van der Waals surface area contributed by atoms with Crippen molar-refractivity contribution in [3.63, 3.8) is 0 Å². The Bertz CT molecular complexity index is 774. The number of hydrogen-bond donors (Lipinski definition) is 1. The Morgan fingerprint density at radius 2 is 1.92 bits per heavy atom. The maximum Gasteiger partial charge on any atom is 0.176 e. The van der Waals surface area contributed by atoms with Crippen molar-refractivity contribution in [1.29, 1.82) is 0 Å². The molecule has 6 heteroatoms. The molecule has 0 radical (unpaired) electrons. The summed E-state index contributed by atoms with van der Waals surface area (Å²) in [6, 6.07) is 6.05. The van der Waals surface area contributed by atoms with Gasteiger partial charge in [-0.25, -0.2) is 4.99 Å². The molecule has 1 unspecified atom stereocenters. The molecule has 126 valence electrons. The van der Waals surface area contributed by atoms with Gasteiger partial charge in [-0.3, -0.25) is 9.89 Å². The summed E-state index contributed by atoms with van der Waals surface area (Å²) in [6.45, 7) is 10.3. The van der Waals surface area contributed by atoms with Crippen LogP contribution >= 0.6 is 11.6 Å². The lowest BCUT2D eigenvalue weighted by Gasteiger charge is -2.41. The topological polar surface area (TPSA) is 43.2 Å². The Labute approximate surface area is 147 Å². The number of rotatable bonds is 0. The van der Waals surface area contributed by atoms with Gasteiger partial charge >= 0.3 is 0 Å². The number of nitrogens with one attached hydrogen (secondary N) is 1. The van der Waals surface area contributed by atoms with Crippen LogP contribution in [0, 0.1) is 0 Å². The molecule has 1 aromatic rings. The van der Waals surface area contributed by atoms with E-state index in [1.54, 1.807) is 0 Å². The molecule has 1 N–H and O–H groups in total. The molecule has 24 heavy (non-hydrogen) atoms. The highest BCUT2D eigenvalue weighted by Crippen LogP contribution is 2.40. The van der Waals surface area contributed by atoms with Gasteiger partial charge in [-0.05, 0) is 44.5 Å². The first-order valence-electron chi connectivity index (χ1n) is 8.46. The predicted molar refractivity (Wildman–Crippen MR) is 101 cm³/mol. The molecule has 4 rings (SSSR count). The zero-order valence-electron chi connectivity index (χ0n) is 14.3. The van der Waals surface area contributed by atoms with Gasteiger partial charge in [0.05, 0.1) is 17.4 Å². The Hall–Kier alpha value is -1.85. The minimum atomic E-state index is 0.171. The molecule has 1 atom stereocenters. The van der Waals surface area contributed by atoms with Crippen LogP contribution < -0.4 is 10.2 Å². The van der Waals surface area contributed by atoms with E-state index in [0.29, 0.717) is 0 Å². The lowest BCUT2D eigenvalue weighted by Crippen LogP contribution is -2.54. The normalized spacial score (nSPS) is 23.6. The molecule has 0 aromatic heterocycles. The summed E-state index contributed by atoms with van der Waals surface area (Å²) in [6.07, 6.45) is 0. The number of fused-ring (bicyclic) bond motifs is 3. The van der Waals surface area contributed by atoms with Gasteiger partial charge < -0.3 is 10.2 Å². The highest BCUT2D eigenvalue weighted by Gasteiger charge is 2.35. The fourth-order valence-electron chi connectivity index (χ4n) is 3.45. The number of hydrogen-bond acceptors (Lipinski definition) is 5. The molecule has 1 fully saturated rings. The second kappa shape index (κ2) is 5.90. The van der Waals surface area contributed by atoms with Crippen LogP contribution in [0.5, 0.6) is 0 Å². The Morgan fingerprint density at radius 3 is 2.67 bits per heavy atom. The van der Waals surface area contributed by atoms with Crippen molar-refractivity contribution in [3.8, 4) is 0 Å². The fraction of sp³-hybridized carbons (Fsp3) is 0.444. The predicted octanol–water partition coefficient (Wildman–Crippen LogP) is 3.19. The highest BCUT2D eigenvalue weighted by atomic mass is 35.5. The number of anilines is 1. The Kier molecular flexibility index (Phi) is 3.85. The molecule has 0 spiro atoms. The van der Waals surface area contributed by atoms with Crippen LogP contribution in [0.15, 0.2) is 39.5 Å². The van der Waals surface area contributed by atoms with Crippen molar-refractivity contribution in [2.75, 3.05) is 31.1 Å². The standard InChI is InChI=1S/C18H22ClN5/c1-11-12(2)21-18-17(23-8-6-20-7-9-23)22-15-5-4-14(19)10-16(15)24(18)13(11)3/h4-5,10,12,20H,6-9H2,1-3H3. The molecule has 3 aliphatic heterocycles. The lowest BCUT2D eigenvalue weighted by atomic mass is 10.0. The summed E-state index contributed by atoms with van der Waals surface area (Å²) in [5.41, 5.74) is 4.47. The number of aliphatic imine (C=N–C) groups is 2. The molecule has 3 aliphatic rings. The first kappa shape index (κ1) is 15.7. The minimum Gasteiger partial charge on any atom is -0.351 e. The molecular weight excluding hydrogens is 322 g/mol. The van der Waals surface area contributed by atoms with Crippen LogP contribution in [-0.2, 0) is 0 Å². The van der Waals surface area contributed by atoms with Crippen molar-refractivity contribution in [1.82, 2.24) is 10.2 Å². The monoisotopic (exact) mass is 343 g/mol. The molecular formula is C18H22ClN5. The third kappa shape index (κ3) is 2.43. The number of nitrogens with zero attached hydrogens (tertiary/aromatic N) is 4. The van der Waals surface area contributed by atoms with Gasteiger partial charge in [0.15, 0.2) is 11.7 Å². The number of allylic oxidation sites excluding steroid dienone is 1. The highest BCUT2D eigenvalue weighted by molar-refractivity contribution is 6.48. The van der Waals surface area contributed by atoms with Gasteiger partial charge in [-0.15, -0.1) is 0 Å². The van der Waals surface area contributed by atoms with E-state index < -0.39 is 0 Å². The minimum absolute atomic E-state index is 0.171. The van der Waals surface area contributed by atoms with Gasteiger partial charge in [0.25, 0.3) is 0 Å². The van der Waals surface area contributed by atoms with Crippen LogP contribution in [0.25, 0.3) is 0 Å². The zero-order chi connectivity index (χ0) is 16.8.